The Morgan fingerprint density at radius 3 is 1.22 bits per heavy atom. The van der Waals surface area contributed by atoms with E-state index in [0.717, 1.165) is 23.7 Å². The van der Waals surface area contributed by atoms with Gasteiger partial charge in [-0.05, 0) is 11.1 Å². The first-order chi connectivity index (χ1) is 8.86. The van der Waals surface area contributed by atoms with Gasteiger partial charge in [-0.2, -0.15) is 0 Å². The summed E-state index contributed by atoms with van der Waals surface area (Å²) in [5, 5.41) is 0. The molecule has 0 saturated heterocycles. The van der Waals surface area contributed by atoms with Crippen LogP contribution in [-0.4, -0.2) is 12.6 Å². The second-order valence-electron chi connectivity index (χ2n) is 3.71. The SMILES string of the molecule is O=CCc1ccccc1.O=CCc1ccccc1. The molecule has 2 aromatic rings. The van der Waals surface area contributed by atoms with Crippen molar-refractivity contribution < 1.29 is 9.59 Å². The molecule has 2 rings (SSSR count). The molecule has 0 fully saturated rings. The fraction of sp³-hybridized carbons (Fsp3) is 0.125. The van der Waals surface area contributed by atoms with Crippen molar-refractivity contribution in [3.05, 3.63) is 71.8 Å². The van der Waals surface area contributed by atoms with Gasteiger partial charge in [0.15, 0.2) is 0 Å². The molecule has 0 spiro atoms. The molecule has 0 aliphatic heterocycles. The average Bonchev–Trinajstić information content (AvgIpc) is 2.43. The van der Waals surface area contributed by atoms with E-state index in [-0.39, 0.29) is 0 Å². The summed E-state index contributed by atoms with van der Waals surface area (Å²) in [6, 6.07) is 19.4. The molecule has 0 unspecified atom stereocenters. The number of aldehydes is 2. The first-order valence-corrected chi connectivity index (χ1v) is 5.82. The van der Waals surface area contributed by atoms with Crippen molar-refractivity contribution in [2.45, 2.75) is 12.8 Å². The lowest BCUT2D eigenvalue weighted by molar-refractivity contribution is -0.108. The van der Waals surface area contributed by atoms with E-state index >= 15 is 0 Å². The third-order valence-corrected chi connectivity index (χ3v) is 2.32. The Labute approximate surface area is 107 Å². The number of hydrogen-bond donors (Lipinski definition) is 0. The normalized spacial score (nSPS) is 8.89. The minimum Gasteiger partial charge on any atom is -0.303 e. The van der Waals surface area contributed by atoms with Crippen molar-refractivity contribution >= 4 is 12.6 Å². The van der Waals surface area contributed by atoms with Crippen LogP contribution >= 0.6 is 0 Å². The summed E-state index contributed by atoms with van der Waals surface area (Å²) in [7, 11) is 0. The summed E-state index contributed by atoms with van der Waals surface area (Å²) >= 11 is 0. The summed E-state index contributed by atoms with van der Waals surface area (Å²) in [4.78, 5) is 19.9. The van der Waals surface area contributed by atoms with Crippen molar-refractivity contribution in [3.8, 4) is 0 Å². The number of rotatable bonds is 4. The van der Waals surface area contributed by atoms with Gasteiger partial charge >= 0.3 is 0 Å². The van der Waals surface area contributed by atoms with E-state index in [9.17, 15) is 9.59 Å². The van der Waals surface area contributed by atoms with E-state index in [1.54, 1.807) is 0 Å². The van der Waals surface area contributed by atoms with Crippen LogP contribution in [0.5, 0.6) is 0 Å². The van der Waals surface area contributed by atoms with E-state index in [1.807, 2.05) is 60.7 Å². The molecule has 0 saturated carbocycles. The highest BCUT2D eigenvalue weighted by atomic mass is 16.1. The molecular formula is C16H16O2. The van der Waals surface area contributed by atoms with Gasteiger partial charge in [-0.25, -0.2) is 0 Å². The average molecular weight is 240 g/mol. The van der Waals surface area contributed by atoms with Gasteiger partial charge in [0.05, 0.1) is 0 Å². The quantitative estimate of drug-likeness (QED) is 0.770. The van der Waals surface area contributed by atoms with Gasteiger partial charge in [0.1, 0.15) is 12.6 Å². The number of benzene rings is 2. The predicted molar refractivity (Wildman–Crippen MR) is 72.4 cm³/mol. The Morgan fingerprint density at radius 1 is 0.611 bits per heavy atom. The molecule has 0 atom stereocenters. The molecule has 0 amide bonds. The molecule has 0 aliphatic rings. The Balaban J connectivity index is 0.000000180. The van der Waals surface area contributed by atoms with Gasteiger partial charge in [-0.1, -0.05) is 60.7 Å². The topological polar surface area (TPSA) is 34.1 Å². The Morgan fingerprint density at radius 2 is 0.944 bits per heavy atom. The third kappa shape index (κ3) is 5.75. The van der Waals surface area contributed by atoms with Crippen molar-refractivity contribution in [1.82, 2.24) is 0 Å². The first kappa shape index (κ1) is 13.8. The highest BCUT2D eigenvalue weighted by Crippen LogP contribution is 1.96. The zero-order valence-corrected chi connectivity index (χ0v) is 10.2. The van der Waals surface area contributed by atoms with Gasteiger partial charge in [0, 0.05) is 12.8 Å². The van der Waals surface area contributed by atoms with Crippen LogP contribution in [0.3, 0.4) is 0 Å². The summed E-state index contributed by atoms with van der Waals surface area (Å²) in [6.45, 7) is 0. The summed E-state index contributed by atoms with van der Waals surface area (Å²) in [5.74, 6) is 0. The van der Waals surface area contributed by atoms with Crippen molar-refractivity contribution in [2.75, 3.05) is 0 Å². The van der Waals surface area contributed by atoms with E-state index in [4.69, 9.17) is 0 Å². The Kier molecular flexibility index (Phi) is 6.83. The van der Waals surface area contributed by atoms with Gasteiger partial charge in [-0.3, -0.25) is 0 Å². The van der Waals surface area contributed by atoms with Crippen LogP contribution in [0.2, 0.25) is 0 Å². The number of hydrogen-bond acceptors (Lipinski definition) is 2. The van der Waals surface area contributed by atoms with Gasteiger partial charge < -0.3 is 9.59 Å². The maximum Gasteiger partial charge on any atom is 0.124 e. The first-order valence-electron chi connectivity index (χ1n) is 5.82. The van der Waals surface area contributed by atoms with Gasteiger partial charge in [0.25, 0.3) is 0 Å². The lowest BCUT2D eigenvalue weighted by Gasteiger charge is -1.89. The van der Waals surface area contributed by atoms with Crippen LogP contribution in [-0.2, 0) is 22.4 Å². The molecule has 92 valence electrons. The molecule has 2 nitrogen and oxygen atoms in total. The second kappa shape index (κ2) is 8.88. The molecule has 0 N–H and O–H groups in total. The van der Waals surface area contributed by atoms with Crippen LogP contribution in [0, 0.1) is 0 Å². The van der Waals surface area contributed by atoms with Crippen LogP contribution < -0.4 is 0 Å². The molecule has 0 bridgehead atoms. The molecule has 18 heavy (non-hydrogen) atoms. The third-order valence-electron chi connectivity index (χ3n) is 2.32. The minimum atomic E-state index is 0.529. The zero-order valence-electron chi connectivity index (χ0n) is 10.2. The number of carbonyl (C=O) groups is 2. The lowest BCUT2D eigenvalue weighted by atomic mass is 10.2. The van der Waals surface area contributed by atoms with Gasteiger partial charge in [-0.15, -0.1) is 0 Å². The molecule has 0 aromatic heterocycles. The molecule has 2 heteroatoms. The Bertz CT molecular complexity index is 404. The van der Waals surface area contributed by atoms with Gasteiger partial charge in [0.2, 0.25) is 0 Å². The molecular weight excluding hydrogens is 224 g/mol. The lowest BCUT2D eigenvalue weighted by Crippen LogP contribution is -1.82. The summed E-state index contributed by atoms with van der Waals surface area (Å²) in [5.41, 5.74) is 2.15. The second-order valence-corrected chi connectivity index (χ2v) is 3.71. The minimum absolute atomic E-state index is 0.529. The Hall–Kier alpha value is -2.22. The van der Waals surface area contributed by atoms with Crippen LogP contribution in [0.4, 0.5) is 0 Å². The molecule has 0 heterocycles. The van der Waals surface area contributed by atoms with E-state index in [0.29, 0.717) is 12.8 Å². The maximum absolute atomic E-state index is 9.97. The van der Waals surface area contributed by atoms with E-state index in [2.05, 4.69) is 0 Å². The summed E-state index contributed by atoms with van der Waals surface area (Å²) in [6.07, 6.45) is 2.88. The van der Waals surface area contributed by atoms with E-state index in [1.165, 1.54) is 0 Å². The standard InChI is InChI=1S/2C8H8O/c2*9-7-6-8-4-2-1-3-5-8/h2*1-5,7H,6H2. The van der Waals surface area contributed by atoms with Crippen molar-refractivity contribution in [1.29, 1.82) is 0 Å². The highest BCUT2D eigenvalue weighted by molar-refractivity contribution is 5.55. The zero-order chi connectivity index (χ0) is 13.1. The number of carbonyl (C=O) groups excluding carboxylic acids is 2. The van der Waals surface area contributed by atoms with E-state index < -0.39 is 0 Å². The predicted octanol–water partition coefficient (Wildman–Crippen LogP) is 2.86. The fourth-order valence-corrected chi connectivity index (χ4v) is 1.42. The largest absolute Gasteiger partial charge is 0.303 e. The van der Waals surface area contributed by atoms with Crippen molar-refractivity contribution in [2.24, 2.45) is 0 Å². The van der Waals surface area contributed by atoms with Crippen LogP contribution in [0.15, 0.2) is 60.7 Å². The molecule has 0 radical (unpaired) electrons. The summed E-state index contributed by atoms with van der Waals surface area (Å²) < 4.78 is 0. The maximum atomic E-state index is 9.97. The molecule has 0 aliphatic carbocycles. The molecule has 2 aromatic carbocycles. The van der Waals surface area contributed by atoms with Crippen LogP contribution in [0.1, 0.15) is 11.1 Å². The highest BCUT2D eigenvalue weighted by Gasteiger charge is 1.85. The van der Waals surface area contributed by atoms with Crippen LogP contribution in [0.25, 0.3) is 0 Å². The fourth-order valence-electron chi connectivity index (χ4n) is 1.42. The monoisotopic (exact) mass is 240 g/mol. The smallest absolute Gasteiger partial charge is 0.124 e. The van der Waals surface area contributed by atoms with Crippen molar-refractivity contribution in [3.63, 3.8) is 0 Å².